The van der Waals surface area contributed by atoms with Crippen molar-refractivity contribution in [2.75, 3.05) is 19.6 Å². The van der Waals surface area contributed by atoms with Crippen molar-refractivity contribution >= 4 is 5.91 Å². The predicted molar refractivity (Wildman–Crippen MR) is 54.3 cm³/mol. The monoisotopic (exact) mass is 209 g/mol. The average molecular weight is 209 g/mol. The number of rotatable bonds is 2. The number of carbonyl (C=O) groups is 1. The number of nitrogens with one attached hydrogen (secondary N) is 1. The number of hydrogen-bond donors (Lipinski definition) is 1. The molecule has 1 saturated heterocycles. The number of piperazine rings is 1. The first-order valence-corrected chi connectivity index (χ1v) is 5.07. The number of carbonyl (C=O) groups excluding carboxylic acids is 1. The highest BCUT2D eigenvalue weighted by atomic mass is 16.5. The molecule has 0 unspecified atom stereocenters. The highest BCUT2D eigenvalue weighted by Gasteiger charge is 2.19. The van der Waals surface area contributed by atoms with Crippen molar-refractivity contribution in [1.82, 2.24) is 15.4 Å². The van der Waals surface area contributed by atoms with Crippen molar-refractivity contribution in [3.8, 4) is 0 Å². The fourth-order valence-electron chi connectivity index (χ4n) is 1.78. The van der Waals surface area contributed by atoms with Crippen LogP contribution in [-0.2, 0) is 11.3 Å². The maximum absolute atomic E-state index is 11.2. The van der Waals surface area contributed by atoms with Crippen molar-refractivity contribution in [3.63, 3.8) is 0 Å². The topological polar surface area (TPSA) is 58.4 Å². The maximum atomic E-state index is 11.2. The molecule has 15 heavy (non-hydrogen) atoms. The Morgan fingerprint density at radius 2 is 2.33 bits per heavy atom. The largest absolute Gasteiger partial charge is 0.361 e. The Morgan fingerprint density at radius 3 is 2.93 bits per heavy atom. The molecule has 0 aliphatic carbocycles. The first-order chi connectivity index (χ1) is 7.16. The molecular formula is C10H15N3O2. The summed E-state index contributed by atoms with van der Waals surface area (Å²) >= 11 is 0. The van der Waals surface area contributed by atoms with E-state index in [4.69, 9.17) is 4.52 Å². The van der Waals surface area contributed by atoms with Gasteiger partial charge in [-0.05, 0) is 13.8 Å². The lowest BCUT2D eigenvalue weighted by atomic mass is 10.2. The Bertz CT molecular complexity index is 353. The Balaban J connectivity index is 2.05. The van der Waals surface area contributed by atoms with Gasteiger partial charge in [-0.15, -0.1) is 0 Å². The van der Waals surface area contributed by atoms with Gasteiger partial charge in [0.25, 0.3) is 0 Å². The molecule has 82 valence electrons. The van der Waals surface area contributed by atoms with Crippen LogP contribution in [0.1, 0.15) is 17.0 Å². The van der Waals surface area contributed by atoms with E-state index in [1.807, 2.05) is 13.8 Å². The first-order valence-electron chi connectivity index (χ1n) is 5.07. The quantitative estimate of drug-likeness (QED) is 0.757. The average Bonchev–Trinajstić information content (AvgIpc) is 2.50. The van der Waals surface area contributed by atoms with Crippen LogP contribution in [0.3, 0.4) is 0 Å². The first kappa shape index (κ1) is 10.2. The van der Waals surface area contributed by atoms with Gasteiger partial charge in [0.15, 0.2) is 0 Å². The molecule has 5 nitrogen and oxygen atoms in total. The summed E-state index contributed by atoms with van der Waals surface area (Å²) in [5.74, 6) is 0.937. The summed E-state index contributed by atoms with van der Waals surface area (Å²) in [5, 5.41) is 6.70. The lowest BCUT2D eigenvalue weighted by Crippen LogP contribution is -2.47. The Kier molecular flexibility index (Phi) is 2.73. The zero-order valence-corrected chi connectivity index (χ0v) is 9.04. The molecule has 1 aromatic rings. The summed E-state index contributed by atoms with van der Waals surface area (Å²) in [6.07, 6.45) is 0. The molecular weight excluding hydrogens is 194 g/mol. The normalized spacial score (nSPS) is 17.9. The molecule has 1 aliphatic rings. The van der Waals surface area contributed by atoms with Gasteiger partial charge in [-0.1, -0.05) is 5.16 Å². The van der Waals surface area contributed by atoms with Crippen LogP contribution in [0.15, 0.2) is 4.52 Å². The molecule has 0 aromatic carbocycles. The van der Waals surface area contributed by atoms with Gasteiger partial charge in [0.05, 0.1) is 12.2 Å². The second kappa shape index (κ2) is 4.02. The van der Waals surface area contributed by atoms with Crippen LogP contribution in [0.5, 0.6) is 0 Å². The lowest BCUT2D eigenvalue weighted by Gasteiger charge is -2.26. The highest BCUT2D eigenvalue weighted by molar-refractivity contribution is 5.78. The number of aryl methyl sites for hydroxylation is 2. The van der Waals surface area contributed by atoms with Crippen LogP contribution in [0, 0.1) is 13.8 Å². The number of amides is 1. The third-order valence-corrected chi connectivity index (χ3v) is 2.68. The smallest absolute Gasteiger partial charge is 0.234 e. The van der Waals surface area contributed by atoms with Crippen LogP contribution in [-0.4, -0.2) is 35.6 Å². The molecule has 1 N–H and O–H groups in total. The molecule has 1 aliphatic heterocycles. The fourth-order valence-corrected chi connectivity index (χ4v) is 1.78. The van der Waals surface area contributed by atoms with Gasteiger partial charge in [-0.3, -0.25) is 9.69 Å². The summed E-state index contributed by atoms with van der Waals surface area (Å²) in [5.41, 5.74) is 2.02. The highest BCUT2D eigenvalue weighted by Crippen LogP contribution is 2.15. The SMILES string of the molecule is Cc1noc(C)c1CN1CCNC(=O)C1. The van der Waals surface area contributed by atoms with Crippen LogP contribution >= 0.6 is 0 Å². The summed E-state index contributed by atoms with van der Waals surface area (Å²) in [6, 6.07) is 0. The minimum Gasteiger partial charge on any atom is -0.361 e. The molecule has 2 rings (SSSR count). The van der Waals surface area contributed by atoms with Crippen molar-refractivity contribution in [3.05, 3.63) is 17.0 Å². The van der Waals surface area contributed by atoms with E-state index < -0.39 is 0 Å². The van der Waals surface area contributed by atoms with Crippen molar-refractivity contribution in [1.29, 1.82) is 0 Å². The van der Waals surface area contributed by atoms with Crippen molar-refractivity contribution in [2.24, 2.45) is 0 Å². The third-order valence-electron chi connectivity index (χ3n) is 2.68. The third kappa shape index (κ3) is 2.18. The number of hydrogen-bond acceptors (Lipinski definition) is 4. The van der Waals surface area contributed by atoms with Gasteiger partial charge in [0.1, 0.15) is 5.76 Å². The Morgan fingerprint density at radius 1 is 1.53 bits per heavy atom. The molecule has 0 spiro atoms. The van der Waals surface area contributed by atoms with E-state index in [1.165, 1.54) is 0 Å². The van der Waals surface area contributed by atoms with E-state index in [-0.39, 0.29) is 5.91 Å². The van der Waals surface area contributed by atoms with Gasteiger partial charge in [0, 0.05) is 25.2 Å². The minimum absolute atomic E-state index is 0.0908. The summed E-state index contributed by atoms with van der Waals surface area (Å²) in [7, 11) is 0. The molecule has 2 heterocycles. The van der Waals surface area contributed by atoms with Crippen molar-refractivity contribution in [2.45, 2.75) is 20.4 Å². The van der Waals surface area contributed by atoms with Gasteiger partial charge < -0.3 is 9.84 Å². The Hall–Kier alpha value is -1.36. The maximum Gasteiger partial charge on any atom is 0.234 e. The van der Waals surface area contributed by atoms with Gasteiger partial charge in [0.2, 0.25) is 5.91 Å². The van der Waals surface area contributed by atoms with Gasteiger partial charge in [-0.25, -0.2) is 0 Å². The molecule has 1 amide bonds. The van der Waals surface area contributed by atoms with Crippen LogP contribution in [0.25, 0.3) is 0 Å². The van der Waals surface area contributed by atoms with Crippen LogP contribution in [0.4, 0.5) is 0 Å². The molecule has 0 saturated carbocycles. The van der Waals surface area contributed by atoms with Gasteiger partial charge in [-0.2, -0.15) is 0 Å². The molecule has 1 fully saturated rings. The second-order valence-corrected chi connectivity index (χ2v) is 3.86. The fraction of sp³-hybridized carbons (Fsp3) is 0.600. The summed E-state index contributed by atoms with van der Waals surface area (Å²) < 4.78 is 5.09. The molecule has 0 radical (unpaired) electrons. The standard InChI is InChI=1S/C10H15N3O2/c1-7-9(8(2)15-12-7)5-13-4-3-11-10(14)6-13/h3-6H2,1-2H3,(H,11,14). The van der Waals surface area contributed by atoms with E-state index in [0.717, 1.165) is 36.7 Å². The minimum atomic E-state index is 0.0908. The molecule has 1 aromatic heterocycles. The number of aromatic nitrogens is 1. The van der Waals surface area contributed by atoms with Gasteiger partial charge >= 0.3 is 0 Å². The zero-order valence-electron chi connectivity index (χ0n) is 9.04. The predicted octanol–water partition coefficient (Wildman–Crippen LogP) is 0.223. The van der Waals surface area contributed by atoms with E-state index >= 15 is 0 Å². The lowest BCUT2D eigenvalue weighted by molar-refractivity contribution is -0.124. The van der Waals surface area contributed by atoms with Crippen LogP contribution < -0.4 is 5.32 Å². The van der Waals surface area contributed by atoms with E-state index in [0.29, 0.717) is 6.54 Å². The zero-order chi connectivity index (χ0) is 10.8. The van der Waals surface area contributed by atoms with E-state index in [2.05, 4.69) is 15.4 Å². The molecule has 5 heteroatoms. The number of nitrogens with zero attached hydrogens (tertiary/aromatic N) is 2. The Labute approximate surface area is 88.4 Å². The molecule has 0 bridgehead atoms. The molecule has 0 atom stereocenters. The van der Waals surface area contributed by atoms with E-state index in [9.17, 15) is 4.79 Å². The van der Waals surface area contributed by atoms with Crippen molar-refractivity contribution < 1.29 is 9.32 Å². The second-order valence-electron chi connectivity index (χ2n) is 3.86. The van der Waals surface area contributed by atoms with Crippen LogP contribution in [0.2, 0.25) is 0 Å². The summed E-state index contributed by atoms with van der Waals surface area (Å²) in [4.78, 5) is 13.3. The van der Waals surface area contributed by atoms with E-state index in [1.54, 1.807) is 0 Å². The summed E-state index contributed by atoms with van der Waals surface area (Å²) in [6.45, 7) is 6.64.